The molecule has 23 heavy (non-hydrogen) atoms. The smallest absolute Gasteiger partial charge is 0.344 e. The summed E-state index contributed by atoms with van der Waals surface area (Å²) >= 11 is 0. The third-order valence-electron chi connectivity index (χ3n) is 2.73. The van der Waals surface area contributed by atoms with Crippen LogP contribution in [0.1, 0.15) is 19.4 Å². The highest BCUT2D eigenvalue weighted by Gasteiger charge is 2.12. The molecule has 0 heterocycles. The number of para-hydroxylation sites is 1. The molecule has 7 heteroatoms. The van der Waals surface area contributed by atoms with E-state index in [2.05, 4.69) is 10.6 Å². The van der Waals surface area contributed by atoms with Crippen molar-refractivity contribution in [2.75, 3.05) is 19.8 Å². The van der Waals surface area contributed by atoms with Crippen molar-refractivity contribution in [2.45, 2.75) is 20.8 Å². The van der Waals surface area contributed by atoms with Crippen LogP contribution in [0.25, 0.3) is 0 Å². The van der Waals surface area contributed by atoms with Crippen molar-refractivity contribution in [3.63, 3.8) is 0 Å². The van der Waals surface area contributed by atoms with Crippen LogP contribution in [0.5, 0.6) is 5.75 Å². The van der Waals surface area contributed by atoms with Gasteiger partial charge >= 0.3 is 12.0 Å². The molecule has 0 saturated carbocycles. The molecule has 1 rings (SSSR count). The van der Waals surface area contributed by atoms with Gasteiger partial charge in [0.25, 0.3) is 5.91 Å². The van der Waals surface area contributed by atoms with Gasteiger partial charge in [-0.2, -0.15) is 0 Å². The summed E-state index contributed by atoms with van der Waals surface area (Å²) in [6.07, 6.45) is 0. The van der Waals surface area contributed by atoms with Crippen LogP contribution in [-0.4, -0.2) is 37.7 Å². The van der Waals surface area contributed by atoms with E-state index in [1.54, 1.807) is 12.1 Å². The largest absolute Gasteiger partial charge is 0.482 e. The molecule has 0 saturated heterocycles. The lowest BCUT2D eigenvalue weighted by Gasteiger charge is -2.10. The van der Waals surface area contributed by atoms with E-state index in [4.69, 9.17) is 9.47 Å². The number of ether oxygens (including phenoxy) is 2. The lowest BCUT2D eigenvalue weighted by Crippen LogP contribution is -2.42. The van der Waals surface area contributed by atoms with Gasteiger partial charge in [-0.25, -0.2) is 9.59 Å². The standard InChI is InChI=1S/C16H22N2O5/c1-11(2)8-17-16(21)18-14(19)9-23-15(20)10-22-13-7-5-4-6-12(13)3/h4-7,11H,8-10H2,1-3H3,(H2,17,18,19,21). The SMILES string of the molecule is Cc1ccccc1OCC(=O)OCC(=O)NC(=O)NCC(C)C. The molecule has 0 radical (unpaired) electrons. The Morgan fingerprint density at radius 1 is 1.13 bits per heavy atom. The molecule has 0 atom stereocenters. The van der Waals surface area contributed by atoms with Crippen LogP contribution < -0.4 is 15.4 Å². The number of carbonyl (C=O) groups excluding carboxylic acids is 3. The van der Waals surface area contributed by atoms with Gasteiger partial charge in [0.1, 0.15) is 5.75 Å². The Bertz CT molecular complexity index is 557. The topological polar surface area (TPSA) is 93.7 Å². The summed E-state index contributed by atoms with van der Waals surface area (Å²) in [5.41, 5.74) is 0.889. The first-order valence-electron chi connectivity index (χ1n) is 7.30. The Morgan fingerprint density at radius 2 is 1.83 bits per heavy atom. The molecule has 1 aromatic carbocycles. The van der Waals surface area contributed by atoms with Gasteiger partial charge in [0.2, 0.25) is 0 Å². The van der Waals surface area contributed by atoms with Gasteiger partial charge in [0.05, 0.1) is 0 Å². The fourth-order valence-electron chi connectivity index (χ4n) is 1.55. The number of urea groups is 1. The zero-order chi connectivity index (χ0) is 17.2. The molecule has 3 amide bonds. The third-order valence-corrected chi connectivity index (χ3v) is 2.73. The van der Waals surface area contributed by atoms with E-state index in [-0.39, 0.29) is 12.5 Å². The quantitative estimate of drug-likeness (QED) is 0.740. The molecule has 0 aliphatic rings. The molecule has 0 aliphatic carbocycles. The first-order valence-corrected chi connectivity index (χ1v) is 7.30. The zero-order valence-electron chi connectivity index (χ0n) is 13.5. The summed E-state index contributed by atoms with van der Waals surface area (Å²) in [6.45, 7) is 5.31. The maximum atomic E-state index is 11.5. The maximum Gasteiger partial charge on any atom is 0.344 e. The number of amides is 3. The van der Waals surface area contributed by atoms with Crippen molar-refractivity contribution in [1.29, 1.82) is 0 Å². The molecule has 7 nitrogen and oxygen atoms in total. The molecule has 0 aromatic heterocycles. The Hall–Kier alpha value is -2.57. The van der Waals surface area contributed by atoms with Gasteiger partial charge in [0, 0.05) is 6.54 Å². The van der Waals surface area contributed by atoms with Gasteiger partial charge in [-0.15, -0.1) is 0 Å². The molecule has 2 N–H and O–H groups in total. The molecule has 126 valence electrons. The third kappa shape index (κ3) is 7.85. The molecule has 1 aromatic rings. The molecule has 0 bridgehead atoms. The molecular formula is C16H22N2O5. The fraction of sp³-hybridized carbons (Fsp3) is 0.438. The minimum Gasteiger partial charge on any atom is -0.482 e. The minimum atomic E-state index is -0.699. The van der Waals surface area contributed by atoms with Gasteiger partial charge in [0.15, 0.2) is 13.2 Å². The number of aryl methyl sites for hydroxylation is 1. The molecule has 0 spiro atoms. The van der Waals surface area contributed by atoms with E-state index in [0.717, 1.165) is 5.56 Å². The number of hydrogen-bond acceptors (Lipinski definition) is 5. The van der Waals surface area contributed by atoms with E-state index in [1.165, 1.54) is 0 Å². The van der Waals surface area contributed by atoms with Crippen LogP contribution in [0.15, 0.2) is 24.3 Å². The van der Waals surface area contributed by atoms with Crippen LogP contribution in [0.2, 0.25) is 0 Å². The van der Waals surface area contributed by atoms with Gasteiger partial charge in [-0.05, 0) is 24.5 Å². The fourth-order valence-corrected chi connectivity index (χ4v) is 1.55. The second kappa shape index (κ2) is 9.45. The van der Waals surface area contributed by atoms with Crippen LogP contribution >= 0.6 is 0 Å². The van der Waals surface area contributed by atoms with Crippen LogP contribution in [0.4, 0.5) is 4.79 Å². The van der Waals surface area contributed by atoms with Crippen molar-refractivity contribution in [3.05, 3.63) is 29.8 Å². The van der Waals surface area contributed by atoms with Crippen LogP contribution in [-0.2, 0) is 14.3 Å². The number of rotatable bonds is 7. The molecule has 0 unspecified atom stereocenters. The van der Waals surface area contributed by atoms with Crippen molar-refractivity contribution in [2.24, 2.45) is 5.92 Å². The number of benzene rings is 1. The Labute approximate surface area is 135 Å². The zero-order valence-corrected chi connectivity index (χ0v) is 13.5. The van der Waals surface area contributed by atoms with E-state index >= 15 is 0 Å². The number of esters is 1. The van der Waals surface area contributed by atoms with Crippen LogP contribution in [0.3, 0.4) is 0 Å². The Morgan fingerprint density at radius 3 is 2.48 bits per heavy atom. The van der Waals surface area contributed by atoms with E-state index < -0.39 is 24.5 Å². The number of hydrogen-bond donors (Lipinski definition) is 2. The average Bonchev–Trinajstić information content (AvgIpc) is 2.50. The second-order valence-electron chi connectivity index (χ2n) is 5.37. The molecule has 0 aliphatic heterocycles. The van der Waals surface area contributed by atoms with Crippen molar-refractivity contribution in [3.8, 4) is 5.75 Å². The summed E-state index contributed by atoms with van der Waals surface area (Å²) < 4.78 is 10.0. The predicted octanol–water partition coefficient (Wildman–Crippen LogP) is 1.40. The lowest BCUT2D eigenvalue weighted by molar-refractivity contribution is -0.150. The summed E-state index contributed by atoms with van der Waals surface area (Å²) in [5.74, 6) is -0.546. The Kier molecular flexibility index (Phi) is 7.59. The lowest BCUT2D eigenvalue weighted by atomic mass is 10.2. The van der Waals surface area contributed by atoms with Gasteiger partial charge in [-0.3, -0.25) is 10.1 Å². The average molecular weight is 322 g/mol. The monoisotopic (exact) mass is 322 g/mol. The predicted molar refractivity (Wildman–Crippen MR) is 84.0 cm³/mol. The Balaban J connectivity index is 2.24. The molecule has 0 fully saturated rings. The van der Waals surface area contributed by atoms with E-state index in [0.29, 0.717) is 12.3 Å². The van der Waals surface area contributed by atoms with E-state index in [1.807, 2.05) is 32.9 Å². The number of nitrogens with one attached hydrogen (secondary N) is 2. The first-order chi connectivity index (χ1) is 10.9. The van der Waals surface area contributed by atoms with Gasteiger partial charge < -0.3 is 14.8 Å². The number of imide groups is 1. The maximum absolute atomic E-state index is 11.5. The van der Waals surface area contributed by atoms with Crippen molar-refractivity contribution in [1.82, 2.24) is 10.6 Å². The highest BCUT2D eigenvalue weighted by atomic mass is 16.6. The molecular weight excluding hydrogens is 300 g/mol. The van der Waals surface area contributed by atoms with Crippen molar-refractivity contribution >= 4 is 17.9 Å². The highest BCUT2D eigenvalue weighted by Crippen LogP contribution is 2.15. The van der Waals surface area contributed by atoms with Crippen molar-refractivity contribution < 1.29 is 23.9 Å². The van der Waals surface area contributed by atoms with E-state index in [9.17, 15) is 14.4 Å². The van der Waals surface area contributed by atoms with Crippen LogP contribution in [0, 0.1) is 12.8 Å². The summed E-state index contributed by atoms with van der Waals surface area (Å²) in [5, 5.41) is 4.58. The normalized spacial score (nSPS) is 10.1. The first kappa shape index (κ1) is 18.5. The minimum absolute atomic E-state index is 0.271. The summed E-state index contributed by atoms with van der Waals surface area (Å²) in [7, 11) is 0. The summed E-state index contributed by atoms with van der Waals surface area (Å²) in [6, 6.07) is 6.61. The highest BCUT2D eigenvalue weighted by molar-refractivity contribution is 5.95. The number of carbonyl (C=O) groups is 3. The summed E-state index contributed by atoms with van der Waals surface area (Å²) in [4.78, 5) is 34.3. The second-order valence-corrected chi connectivity index (χ2v) is 5.37. The van der Waals surface area contributed by atoms with Gasteiger partial charge in [-0.1, -0.05) is 32.0 Å².